The van der Waals surface area contributed by atoms with Gasteiger partial charge in [0.2, 0.25) is 5.88 Å². The SMILES string of the molecule is CCC(C)Sc1nc(O)c(C2NCCc3c2[nH]c2ccccc32)c(=O)n1-c1ccc(C)cc1. The van der Waals surface area contributed by atoms with Crippen LogP contribution in [0.2, 0.25) is 0 Å². The number of benzene rings is 2. The summed E-state index contributed by atoms with van der Waals surface area (Å²) in [4.78, 5) is 22.0. The van der Waals surface area contributed by atoms with E-state index in [1.807, 2.05) is 49.4 Å². The number of nitrogens with one attached hydrogen (secondary N) is 2. The number of fused-ring (bicyclic) bond motifs is 3. The first-order valence-corrected chi connectivity index (χ1v) is 12.3. The largest absolute Gasteiger partial charge is 0.493 e. The Balaban J connectivity index is 1.72. The molecule has 170 valence electrons. The predicted octanol–water partition coefficient (Wildman–Crippen LogP) is 4.85. The van der Waals surface area contributed by atoms with Crippen LogP contribution in [0.4, 0.5) is 0 Å². The van der Waals surface area contributed by atoms with E-state index in [0.717, 1.165) is 40.7 Å². The van der Waals surface area contributed by atoms with Crippen LogP contribution in [0.25, 0.3) is 16.6 Å². The van der Waals surface area contributed by atoms with E-state index in [4.69, 9.17) is 0 Å². The Morgan fingerprint density at radius 1 is 1.21 bits per heavy atom. The first-order valence-electron chi connectivity index (χ1n) is 11.4. The van der Waals surface area contributed by atoms with Gasteiger partial charge in [0.25, 0.3) is 5.56 Å². The average molecular weight is 461 g/mol. The fourth-order valence-electron chi connectivity index (χ4n) is 4.45. The van der Waals surface area contributed by atoms with Gasteiger partial charge in [-0.15, -0.1) is 0 Å². The summed E-state index contributed by atoms with van der Waals surface area (Å²) in [5.74, 6) is -0.210. The number of aromatic hydroxyl groups is 1. The Labute approximate surface area is 197 Å². The molecule has 0 amide bonds. The van der Waals surface area contributed by atoms with Crippen molar-refractivity contribution in [1.82, 2.24) is 19.9 Å². The van der Waals surface area contributed by atoms with Crippen molar-refractivity contribution >= 4 is 22.7 Å². The topological polar surface area (TPSA) is 82.9 Å². The van der Waals surface area contributed by atoms with Crippen molar-refractivity contribution < 1.29 is 5.11 Å². The Morgan fingerprint density at radius 2 is 1.97 bits per heavy atom. The zero-order valence-corrected chi connectivity index (χ0v) is 19.9. The van der Waals surface area contributed by atoms with Crippen LogP contribution in [0.3, 0.4) is 0 Å². The molecule has 2 aromatic heterocycles. The molecule has 0 saturated carbocycles. The lowest BCUT2D eigenvalue weighted by Crippen LogP contribution is -2.36. The van der Waals surface area contributed by atoms with E-state index in [1.54, 1.807) is 4.57 Å². The number of rotatable bonds is 5. The number of aromatic amines is 1. The minimum atomic E-state index is -0.458. The van der Waals surface area contributed by atoms with Crippen molar-refractivity contribution in [2.75, 3.05) is 6.54 Å². The van der Waals surface area contributed by atoms with E-state index in [0.29, 0.717) is 11.7 Å². The van der Waals surface area contributed by atoms with Gasteiger partial charge in [0.05, 0.1) is 11.7 Å². The molecule has 2 atom stereocenters. The lowest BCUT2D eigenvalue weighted by atomic mass is 9.95. The van der Waals surface area contributed by atoms with Crippen LogP contribution in [0, 0.1) is 6.92 Å². The molecule has 2 aromatic carbocycles. The van der Waals surface area contributed by atoms with Gasteiger partial charge in [-0.25, -0.2) is 0 Å². The number of H-pyrrole nitrogens is 1. The first kappa shape index (κ1) is 21.8. The fraction of sp³-hybridized carbons (Fsp3) is 0.308. The molecule has 4 aromatic rings. The molecule has 0 aliphatic carbocycles. The first-order chi connectivity index (χ1) is 16.0. The third-order valence-corrected chi connectivity index (χ3v) is 7.61. The van der Waals surface area contributed by atoms with Gasteiger partial charge in [-0.3, -0.25) is 9.36 Å². The van der Waals surface area contributed by atoms with Gasteiger partial charge in [-0.1, -0.05) is 61.5 Å². The molecule has 1 aliphatic rings. The quantitative estimate of drug-likeness (QED) is 0.293. The van der Waals surface area contributed by atoms with E-state index in [9.17, 15) is 9.90 Å². The van der Waals surface area contributed by atoms with E-state index < -0.39 is 6.04 Å². The van der Waals surface area contributed by atoms with Crippen LogP contribution in [0.5, 0.6) is 5.88 Å². The molecule has 6 nitrogen and oxygen atoms in total. The maximum absolute atomic E-state index is 14.0. The number of thioether (sulfide) groups is 1. The monoisotopic (exact) mass is 460 g/mol. The molecule has 1 aliphatic heterocycles. The highest BCUT2D eigenvalue weighted by molar-refractivity contribution is 7.99. The van der Waals surface area contributed by atoms with Gasteiger partial charge in [0, 0.05) is 28.4 Å². The summed E-state index contributed by atoms with van der Waals surface area (Å²) in [6.45, 7) is 6.93. The van der Waals surface area contributed by atoms with E-state index in [1.165, 1.54) is 17.3 Å². The highest BCUT2D eigenvalue weighted by Crippen LogP contribution is 2.36. The second-order valence-electron chi connectivity index (χ2n) is 8.64. The number of hydrogen-bond donors (Lipinski definition) is 3. The molecule has 0 spiro atoms. The van der Waals surface area contributed by atoms with E-state index >= 15 is 0 Å². The van der Waals surface area contributed by atoms with E-state index in [-0.39, 0.29) is 22.3 Å². The van der Waals surface area contributed by atoms with Crippen molar-refractivity contribution in [1.29, 1.82) is 0 Å². The number of hydrogen-bond acceptors (Lipinski definition) is 5. The summed E-state index contributed by atoms with van der Waals surface area (Å²) in [6.07, 6.45) is 1.79. The van der Waals surface area contributed by atoms with Crippen LogP contribution in [0.1, 0.15) is 48.7 Å². The summed E-state index contributed by atoms with van der Waals surface area (Å²) >= 11 is 1.51. The van der Waals surface area contributed by atoms with Crippen LogP contribution in [0.15, 0.2) is 58.5 Å². The minimum absolute atomic E-state index is 0.210. The van der Waals surface area contributed by atoms with Gasteiger partial charge in [-0.05, 0) is 43.5 Å². The van der Waals surface area contributed by atoms with Crippen LogP contribution >= 0.6 is 11.8 Å². The molecule has 5 rings (SSSR count). The second kappa shape index (κ2) is 8.72. The van der Waals surface area contributed by atoms with Crippen molar-refractivity contribution in [2.45, 2.75) is 50.1 Å². The zero-order valence-electron chi connectivity index (χ0n) is 19.1. The number of aromatic nitrogens is 3. The fourth-order valence-corrected chi connectivity index (χ4v) is 5.41. The lowest BCUT2D eigenvalue weighted by molar-refractivity contribution is 0.417. The van der Waals surface area contributed by atoms with Gasteiger partial charge in [-0.2, -0.15) is 4.98 Å². The standard InChI is InChI=1S/C26H28N4O2S/c1-4-16(3)33-26-29-24(31)21(25(32)30(26)17-11-9-15(2)10-12-17)23-22-19(13-14-27-23)18-7-5-6-8-20(18)28-22/h5-12,16,23,27-28,31H,4,13-14H2,1-3H3. The van der Waals surface area contributed by atoms with Gasteiger partial charge >= 0.3 is 0 Å². The highest BCUT2D eigenvalue weighted by Gasteiger charge is 2.32. The lowest BCUT2D eigenvalue weighted by Gasteiger charge is -2.26. The molecular formula is C26H28N4O2S. The van der Waals surface area contributed by atoms with Crippen molar-refractivity contribution in [3.05, 3.63) is 81.3 Å². The molecule has 3 N–H and O–H groups in total. The average Bonchev–Trinajstić information content (AvgIpc) is 3.19. The van der Waals surface area contributed by atoms with Gasteiger partial charge < -0.3 is 15.4 Å². The molecule has 2 unspecified atom stereocenters. The van der Waals surface area contributed by atoms with Crippen molar-refractivity contribution in [3.63, 3.8) is 0 Å². The summed E-state index contributed by atoms with van der Waals surface area (Å²) in [5, 5.41) is 16.4. The number of para-hydroxylation sites is 1. The summed E-state index contributed by atoms with van der Waals surface area (Å²) in [6, 6.07) is 15.5. The van der Waals surface area contributed by atoms with Crippen molar-refractivity contribution in [2.24, 2.45) is 0 Å². The Hall–Kier alpha value is -3.03. The molecule has 7 heteroatoms. The van der Waals surface area contributed by atoms with Crippen LogP contribution < -0.4 is 10.9 Å². The maximum atomic E-state index is 14.0. The van der Waals surface area contributed by atoms with Crippen molar-refractivity contribution in [3.8, 4) is 11.6 Å². The van der Waals surface area contributed by atoms with Gasteiger partial charge in [0.1, 0.15) is 5.56 Å². The van der Waals surface area contributed by atoms with E-state index in [2.05, 4.69) is 35.2 Å². The minimum Gasteiger partial charge on any atom is -0.493 e. The molecule has 0 saturated heterocycles. The summed E-state index contributed by atoms with van der Waals surface area (Å²) in [7, 11) is 0. The smallest absolute Gasteiger partial charge is 0.267 e. The summed E-state index contributed by atoms with van der Waals surface area (Å²) < 4.78 is 1.64. The van der Waals surface area contributed by atoms with Crippen LogP contribution in [-0.2, 0) is 6.42 Å². The predicted molar refractivity (Wildman–Crippen MR) is 134 cm³/mol. The number of aryl methyl sites for hydroxylation is 1. The third kappa shape index (κ3) is 3.85. The molecule has 33 heavy (non-hydrogen) atoms. The zero-order chi connectivity index (χ0) is 23.1. The molecule has 3 heterocycles. The highest BCUT2D eigenvalue weighted by atomic mass is 32.2. The molecular weight excluding hydrogens is 432 g/mol. The second-order valence-corrected chi connectivity index (χ2v) is 10.1. The Bertz CT molecular complexity index is 1370. The number of nitrogens with zero attached hydrogens (tertiary/aromatic N) is 2. The third-order valence-electron chi connectivity index (χ3n) is 6.39. The Morgan fingerprint density at radius 3 is 2.73 bits per heavy atom. The van der Waals surface area contributed by atoms with Gasteiger partial charge in [0.15, 0.2) is 5.16 Å². The van der Waals surface area contributed by atoms with Crippen LogP contribution in [-0.4, -0.2) is 31.4 Å². The Kier molecular flexibility index (Phi) is 5.76. The molecule has 0 radical (unpaired) electrons. The summed E-state index contributed by atoms with van der Waals surface area (Å²) in [5.41, 5.74) is 5.04. The normalized spacial score (nSPS) is 16.6. The molecule has 0 fully saturated rings. The molecule has 0 bridgehead atoms. The maximum Gasteiger partial charge on any atom is 0.267 e.